The number of rotatable bonds is 6. The SMILES string of the molecule is CC(Cc1ccccc1)n1cc(C2=CCC(c3ccccc3)CC2)c2ccc(C(=O)O)cc21. The van der Waals surface area contributed by atoms with Crippen LogP contribution in [0.25, 0.3) is 16.5 Å². The van der Waals surface area contributed by atoms with Crippen LogP contribution in [-0.2, 0) is 6.42 Å². The number of aromatic carboxylic acids is 1. The van der Waals surface area contributed by atoms with E-state index in [9.17, 15) is 9.90 Å². The fourth-order valence-corrected chi connectivity index (χ4v) is 5.17. The summed E-state index contributed by atoms with van der Waals surface area (Å²) < 4.78 is 2.27. The number of carboxylic acids is 1. The molecule has 1 aliphatic rings. The van der Waals surface area contributed by atoms with Gasteiger partial charge >= 0.3 is 5.97 Å². The topological polar surface area (TPSA) is 42.2 Å². The summed E-state index contributed by atoms with van der Waals surface area (Å²) in [6.07, 6.45) is 8.75. The summed E-state index contributed by atoms with van der Waals surface area (Å²) in [7, 11) is 0. The van der Waals surface area contributed by atoms with Crippen LogP contribution < -0.4 is 0 Å². The first-order chi connectivity index (χ1) is 16.1. The van der Waals surface area contributed by atoms with Crippen molar-refractivity contribution in [1.82, 2.24) is 4.57 Å². The minimum absolute atomic E-state index is 0.217. The van der Waals surface area contributed by atoms with Crippen molar-refractivity contribution in [1.29, 1.82) is 0 Å². The van der Waals surface area contributed by atoms with Gasteiger partial charge in [-0.2, -0.15) is 0 Å². The second-order valence-electron chi connectivity index (χ2n) is 9.14. The van der Waals surface area contributed by atoms with Gasteiger partial charge < -0.3 is 9.67 Å². The Bertz CT molecular complexity index is 1300. The maximum absolute atomic E-state index is 11.7. The first-order valence-corrected chi connectivity index (χ1v) is 11.8. The van der Waals surface area contributed by atoms with Gasteiger partial charge in [-0.05, 0) is 67.4 Å². The zero-order valence-corrected chi connectivity index (χ0v) is 18.9. The number of hydrogen-bond donors (Lipinski definition) is 1. The Labute approximate surface area is 195 Å². The molecule has 0 spiro atoms. The highest BCUT2D eigenvalue weighted by Gasteiger charge is 2.21. The average molecular weight is 436 g/mol. The van der Waals surface area contributed by atoms with E-state index in [-0.39, 0.29) is 6.04 Å². The van der Waals surface area contributed by atoms with Crippen molar-refractivity contribution in [2.45, 2.75) is 44.6 Å². The highest BCUT2D eigenvalue weighted by molar-refractivity contribution is 5.98. The summed E-state index contributed by atoms with van der Waals surface area (Å²) in [6, 6.07) is 27.0. The number of aromatic nitrogens is 1. The molecule has 0 radical (unpaired) electrons. The molecule has 0 saturated carbocycles. The fraction of sp³-hybridized carbons (Fsp3) is 0.233. The summed E-state index contributed by atoms with van der Waals surface area (Å²) in [4.78, 5) is 11.7. The van der Waals surface area contributed by atoms with E-state index in [1.54, 1.807) is 6.07 Å². The Morgan fingerprint density at radius 2 is 1.76 bits per heavy atom. The third-order valence-electron chi connectivity index (χ3n) is 6.96. The van der Waals surface area contributed by atoms with Crippen molar-refractivity contribution in [3.05, 3.63) is 113 Å². The van der Waals surface area contributed by atoms with Crippen molar-refractivity contribution in [3.63, 3.8) is 0 Å². The standard InChI is InChI=1S/C30H29NO2/c1-21(18-22-8-4-2-5-9-22)31-20-28(27-17-16-26(30(32)33)19-29(27)31)25-14-12-24(13-15-25)23-10-6-3-7-11-23/h2-11,14,16-17,19-21,24H,12-13,15,18H2,1H3,(H,32,33). The maximum atomic E-state index is 11.7. The lowest BCUT2D eigenvalue weighted by Crippen LogP contribution is -2.07. The quantitative estimate of drug-likeness (QED) is 0.341. The number of hydrogen-bond acceptors (Lipinski definition) is 1. The second-order valence-corrected chi connectivity index (χ2v) is 9.14. The molecule has 2 unspecified atom stereocenters. The Kier molecular flexibility index (Phi) is 5.87. The predicted octanol–water partition coefficient (Wildman–Crippen LogP) is 7.49. The number of benzene rings is 3. The van der Waals surface area contributed by atoms with Crippen molar-refractivity contribution in [2.75, 3.05) is 0 Å². The third-order valence-corrected chi connectivity index (χ3v) is 6.96. The molecule has 1 heterocycles. The van der Waals surface area contributed by atoms with E-state index in [0.717, 1.165) is 36.6 Å². The largest absolute Gasteiger partial charge is 0.478 e. The number of carboxylic acid groups (broad SMARTS) is 1. The lowest BCUT2D eigenvalue weighted by Gasteiger charge is -2.22. The zero-order chi connectivity index (χ0) is 22.8. The summed E-state index contributed by atoms with van der Waals surface area (Å²) in [5.74, 6) is -0.316. The summed E-state index contributed by atoms with van der Waals surface area (Å²) in [6.45, 7) is 2.21. The summed E-state index contributed by atoms with van der Waals surface area (Å²) >= 11 is 0. The van der Waals surface area contributed by atoms with E-state index in [0.29, 0.717) is 11.5 Å². The summed E-state index contributed by atoms with van der Waals surface area (Å²) in [5.41, 5.74) is 6.65. The first kappa shape index (κ1) is 21.3. The molecule has 3 aromatic carbocycles. The van der Waals surface area contributed by atoms with Crippen LogP contribution in [0, 0.1) is 0 Å². The van der Waals surface area contributed by atoms with Gasteiger partial charge in [-0.1, -0.05) is 72.8 Å². The molecule has 1 aliphatic carbocycles. The minimum atomic E-state index is -0.885. The van der Waals surface area contributed by atoms with Crippen molar-refractivity contribution < 1.29 is 9.90 Å². The minimum Gasteiger partial charge on any atom is -0.478 e. The van der Waals surface area contributed by atoms with Gasteiger partial charge in [-0.25, -0.2) is 4.79 Å². The van der Waals surface area contributed by atoms with Gasteiger partial charge in [0.25, 0.3) is 0 Å². The van der Waals surface area contributed by atoms with Crippen LogP contribution in [0.15, 0.2) is 91.1 Å². The first-order valence-electron chi connectivity index (χ1n) is 11.8. The van der Waals surface area contributed by atoms with Gasteiger partial charge in [-0.15, -0.1) is 0 Å². The highest BCUT2D eigenvalue weighted by Crippen LogP contribution is 2.39. The van der Waals surface area contributed by atoms with Gasteiger partial charge in [0.1, 0.15) is 0 Å². The van der Waals surface area contributed by atoms with Crippen LogP contribution in [0.2, 0.25) is 0 Å². The van der Waals surface area contributed by atoms with Gasteiger partial charge in [-0.3, -0.25) is 0 Å². The summed E-state index contributed by atoms with van der Waals surface area (Å²) in [5, 5.41) is 10.7. The number of nitrogens with zero attached hydrogens (tertiary/aromatic N) is 1. The van der Waals surface area contributed by atoms with E-state index in [4.69, 9.17) is 0 Å². The van der Waals surface area contributed by atoms with E-state index in [2.05, 4.69) is 78.4 Å². The highest BCUT2D eigenvalue weighted by atomic mass is 16.4. The molecule has 0 amide bonds. The molecular weight excluding hydrogens is 406 g/mol. The molecule has 0 fully saturated rings. The molecule has 4 aromatic rings. The molecule has 166 valence electrons. The number of allylic oxidation sites excluding steroid dienone is 2. The van der Waals surface area contributed by atoms with Gasteiger partial charge in [0.05, 0.1) is 5.56 Å². The lowest BCUT2D eigenvalue weighted by molar-refractivity contribution is 0.0697. The van der Waals surface area contributed by atoms with Crippen LogP contribution in [-0.4, -0.2) is 15.6 Å². The average Bonchev–Trinajstić information content (AvgIpc) is 3.24. The predicted molar refractivity (Wildman–Crippen MR) is 135 cm³/mol. The molecule has 1 aromatic heterocycles. The molecule has 0 aliphatic heterocycles. The van der Waals surface area contributed by atoms with Crippen LogP contribution >= 0.6 is 0 Å². The van der Waals surface area contributed by atoms with E-state index in [1.807, 2.05) is 18.2 Å². The van der Waals surface area contributed by atoms with Crippen LogP contribution in [0.1, 0.15) is 65.2 Å². The monoisotopic (exact) mass is 435 g/mol. The van der Waals surface area contributed by atoms with Crippen molar-refractivity contribution >= 4 is 22.4 Å². The van der Waals surface area contributed by atoms with Crippen molar-refractivity contribution in [3.8, 4) is 0 Å². The van der Waals surface area contributed by atoms with Crippen LogP contribution in [0.5, 0.6) is 0 Å². The maximum Gasteiger partial charge on any atom is 0.335 e. The molecule has 3 nitrogen and oxygen atoms in total. The zero-order valence-electron chi connectivity index (χ0n) is 18.9. The van der Waals surface area contributed by atoms with Crippen LogP contribution in [0.4, 0.5) is 0 Å². The van der Waals surface area contributed by atoms with Gasteiger partial charge in [0.2, 0.25) is 0 Å². The molecular formula is C30H29NO2. The number of carbonyl (C=O) groups is 1. The lowest BCUT2D eigenvalue weighted by atomic mass is 9.82. The van der Waals surface area contributed by atoms with Crippen LogP contribution in [0.3, 0.4) is 0 Å². The smallest absolute Gasteiger partial charge is 0.335 e. The Morgan fingerprint density at radius 3 is 2.42 bits per heavy atom. The fourth-order valence-electron chi connectivity index (χ4n) is 5.17. The number of fused-ring (bicyclic) bond motifs is 1. The van der Waals surface area contributed by atoms with E-state index in [1.165, 1.54) is 22.3 Å². The van der Waals surface area contributed by atoms with Crippen molar-refractivity contribution in [2.24, 2.45) is 0 Å². The molecule has 0 saturated heterocycles. The third kappa shape index (κ3) is 4.36. The Morgan fingerprint density at radius 1 is 1.03 bits per heavy atom. The Hall–Kier alpha value is -3.59. The molecule has 1 N–H and O–H groups in total. The molecule has 3 heteroatoms. The molecule has 2 atom stereocenters. The second kappa shape index (κ2) is 9.11. The molecule has 33 heavy (non-hydrogen) atoms. The van der Waals surface area contributed by atoms with Gasteiger partial charge in [0, 0.05) is 28.7 Å². The molecule has 5 rings (SSSR count). The van der Waals surface area contributed by atoms with E-state index >= 15 is 0 Å². The van der Waals surface area contributed by atoms with Gasteiger partial charge in [0.15, 0.2) is 0 Å². The normalized spacial score (nSPS) is 17.0. The Balaban J connectivity index is 1.51. The van der Waals surface area contributed by atoms with E-state index < -0.39 is 5.97 Å². The molecule has 0 bridgehead atoms.